The van der Waals surface area contributed by atoms with Crippen LogP contribution in [0.3, 0.4) is 0 Å². The van der Waals surface area contributed by atoms with Gasteiger partial charge in [0.15, 0.2) is 0 Å². The van der Waals surface area contributed by atoms with Crippen molar-refractivity contribution >= 4 is 71.4 Å². The smallest absolute Gasteiger partial charge is 0.0726 e. The highest BCUT2D eigenvalue weighted by molar-refractivity contribution is 6.14. The Morgan fingerprint density at radius 2 is 0.756 bits per heavy atom. The molecule has 0 saturated carbocycles. The van der Waals surface area contributed by atoms with E-state index in [9.17, 15) is 0 Å². The molecule has 0 atom stereocenters. The van der Waals surface area contributed by atoms with Gasteiger partial charge in [0.1, 0.15) is 0 Å². The lowest BCUT2D eigenvalue weighted by Gasteiger charge is -2.32. The summed E-state index contributed by atoms with van der Waals surface area (Å²) in [5.74, 6) is 0. The van der Waals surface area contributed by atoms with E-state index in [0.717, 1.165) is 45.0 Å². The molecule has 17 rings (SSSR count). The number of benzene rings is 13. The number of para-hydroxylation sites is 2. The first kappa shape index (κ1) is 46.4. The minimum atomic E-state index is -0.509. The number of hydrogen-bond donors (Lipinski definition) is 0. The van der Waals surface area contributed by atoms with Gasteiger partial charge in [0.05, 0.1) is 33.2 Å². The summed E-state index contributed by atoms with van der Waals surface area (Å²) < 4.78 is 4.97. The van der Waals surface area contributed by atoms with Crippen LogP contribution in [0.25, 0.3) is 110 Å². The molecule has 0 saturated heterocycles. The first-order valence-corrected chi connectivity index (χ1v) is 28.6. The van der Waals surface area contributed by atoms with Crippen molar-refractivity contribution in [2.24, 2.45) is 0 Å². The van der Waals surface area contributed by atoms with Crippen LogP contribution in [0.5, 0.6) is 0 Å². The normalized spacial score (nSPS) is 12.9. The molecule has 82 heavy (non-hydrogen) atoms. The fourth-order valence-electron chi connectivity index (χ4n) is 14.6. The van der Waals surface area contributed by atoms with Crippen molar-refractivity contribution in [1.82, 2.24) is 9.13 Å². The molecule has 15 aromatic rings. The molecule has 13 aromatic carbocycles. The van der Waals surface area contributed by atoms with Gasteiger partial charge in [-0.3, -0.25) is 0 Å². The van der Waals surface area contributed by atoms with Crippen LogP contribution in [0.4, 0.5) is 17.1 Å². The lowest BCUT2D eigenvalue weighted by molar-refractivity contribution is 0.793. The Balaban J connectivity index is 0.942. The minimum Gasteiger partial charge on any atom is -0.310 e. The third-order valence-corrected chi connectivity index (χ3v) is 18.2. The lowest BCUT2D eigenvalue weighted by atomic mass is 9.70. The van der Waals surface area contributed by atoms with Crippen molar-refractivity contribution < 1.29 is 0 Å². The Morgan fingerprint density at radius 1 is 0.280 bits per heavy atom. The van der Waals surface area contributed by atoms with E-state index in [4.69, 9.17) is 0 Å². The second-order valence-corrected chi connectivity index (χ2v) is 22.5. The third kappa shape index (κ3) is 6.59. The molecule has 2 aliphatic carbocycles. The Labute approximate surface area is 476 Å². The second kappa shape index (κ2) is 17.8. The van der Waals surface area contributed by atoms with E-state index >= 15 is 0 Å². The second-order valence-electron chi connectivity index (χ2n) is 22.5. The highest BCUT2D eigenvalue weighted by Crippen LogP contribution is 2.63. The standard InChI is InChI=1S/C79H53N3/c1-50-19-6-8-24-59(50)69-45-53(36-35-51(69)2)54-37-41-66-68-44-40-58(49-78(68)82(76(66)46-54)74-34-18-21-52-20-7-9-25-60(52)74)80(57-39-43-67-65-29-13-17-33-75(65)81(77(67)48-57)55-22-4-3-5-23-55)56-38-42-64-63-28-12-16-32-72(63)79(73(64)47-56)70-30-14-10-26-61(70)62-27-11-15-31-71(62)79/h3-49H,1-2H3. The summed E-state index contributed by atoms with van der Waals surface area (Å²) in [7, 11) is 0. The van der Waals surface area contributed by atoms with Crippen LogP contribution in [0.15, 0.2) is 285 Å². The zero-order valence-electron chi connectivity index (χ0n) is 45.5. The van der Waals surface area contributed by atoms with Gasteiger partial charge in [0.25, 0.3) is 0 Å². The molecule has 2 aliphatic rings. The van der Waals surface area contributed by atoms with E-state index in [-0.39, 0.29) is 0 Å². The fourth-order valence-corrected chi connectivity index (χ4v) is 14.6. The molecule has 3 nitrogen and oxygen atoms in total. The maximum atomic E-state index is 2.53. The van der Waals surface area contributed by atoms with Gasteiger partial charge in [-0.25, -0.2) is 0 Å². The first-order valence-electron chi connectivity index (χ1n) is 28.6. The maximum absolute atomic E-state index is 2.53. The molecule has 2 heterocycles. The fraction of sp³-hybridized carbons (Fsp3) is 0.0380. The Morgan fingerprint density at radius 3 is 1.45 bits per heavy atom. The van der Waals surface area contributed by atoms with Crippen molar-refractivity contribution in [1.29, 1.82) is 0 Å². The molecule has 0 N–H and O–H groups in total. The van der Waals surface area contributed by atoms with Gasteiger partial charge in [-0.1, -0.05) is 212 Å². The van der Waals surface area contributed by atoms with Crippen molar-refractivity contribution in [2.45, 2.75) is 19.3 Å². The van der Waals surface area contributed by atoms with Gasteiger partial charge < -0.3 is 14.0 Å². The molecule has 0 unspecified atom stereocenters. The summed E-state index contributed by atoms with van der Waals surface area (Å²) in [6.07, 6.45) is 0. The Hall–Kier alpha value is -10.5. The molecular weight excluding hydrogens is 991 g/mol. The van der Waals surface area contributed by atoms with Crippen molar-refractivity contribution in [3.05, 3.63) is 318 Å². The highest BCUT2D eigenvalue weighted by atomic mass is 15.1. The van der Waals surface area contributed by atoms with Gasteiger partial charge in [0.2, 0.25) is 0 Å². The Bertz CT molecular complexity index is 5080. The number of hydrogen-bond acceptors (Lipinski definition) is 1. The van der Waals surface area contributed by atoms with Gasteiger partial charge in [-0.05, 0) is 170 Å². The van der Waals surface area contributed by atoms with Crippen LogP contribution >= 0.6 is 0 Å². The van der Waals surface area contributed by atoms with Crippen LogP contribution < -0.4 is 4.90 Å². The van der Waals surface area contributed by atoms with E-state index in [0.29, 0.717) is 0 Å². The van der Waals surface area contributed by atoms with Gasteiger partial charge >= 0.3 is 0 Å². The van der Waals surface area contributed by atoms with Crippen LogP contribution in [-0.2, 0) is 5.41 Å². The molecule has 0 aliphatic heterocycles. The topological polar surface area (TPSA) is 13.1 Å². The molecule has 0 fully saturated rings. The van der Waals surface area contributed by atoms with Gasteiger partial charge in [-0.2, -0.15) is 0 Å². The first-order chi connectivity index (χ1) is 40.5. The third-order valence-electron chi connectivity index (χ3n) is 18.2. The SMILES string of the molecule is Cc1ccccc1-c1cc(-c2ccc3c4ccc(N(c5ccc6c(c5)C5(c7ccccc7-c7ccccc75)c5ccccc5-6)c5ccc6c7ccccc7n(-c7ccccc7)c6c5)cc4n(-c4cccc5ccccc45)c3c2)ccc1C. The molecule has 1 spiro atoms. The molecule has 2 aromatic heterocycles. The molecular formula is C79H53N3. The Kier molecular flexibility index (Phi) is 10.1. The average Bonchev–Trinajstić information content (AvgIpc) is 3.17. The average molecular weight is 1040 g/mol. The molecule has 384 valence electrons. The summed E-state index contributed by atoms with van der Waals surface area (Å²) in [4.78, 5) is 2.52. The quantitative estimate of drug-likeness (QED) is 0.155. The zero-order valence-corrected chi connectivity index (χ0v) is 45.5. The van der Waals surface area contributed by atoms with E-state index in [1.165, 1.54) is 116 Å². The molecule has 0 radical (unpaired) electrons. The highest BCUT2D eigenvalue weighted by Gasteiger charge is 2.51. The number of fused-ring (bicyclic) bond motifs is 17. The number of nitrogens with zero attached hydrogens (tertiary/aromatic N) is 3. The van der Waals surface area contributed by atoms with Crippen LogP contribution in [0.1, 0.15) is 33.4 Å². The van der Waals surface area contributed by atoms with Crippen molar-refractivity contribution in [3.63, 3.8) is 0 Å². The van der Waals surface area contributed by atoms with E-state index in [2.05, 4.69) is 313 Å². The predicted molar refractivity (Wildman–Crippen MR) is 344 cm³/mol. The largest absolute Gasteiger partial charge is 0.310 e. The van der Waals surface area contributed by atoms with Crippen molar-refractivity contribution in [2.75, 3.05) is 4.90 Å². The number of aryl methyl sites for hydroxylation is 2. The van der Waals surface area contributed by atoms with Gasteiger partial charge in [-0.15, -0.1) is 0 Å². The summed E-state index contributed by atoms with van der Waals surface area (Å²) in [6.45, 7) is 4.43. The van der Waals surface area contributed by atoms with Gasteiger partial charge in [0, 0.05) is 49.7 Å². The number of rotatable bonds is 7. The summed E-state index contributed by atoms with van der Waals surface area (Å²) in [5.41, 5.74) is 27.5. The van der Waals surface area contributed by atoms with E-state index in [1.54, 1.807) is 0 Å². The van der Waals surface area contributed by atoms with Crippen LogP contribution in [-0.4, -0.2) is 9.13 Å². The predicted octanol–water partition coefficient (Wildman–Crippen LogP) is 20.8. The number of aromatic nitrogens is 2. The summed E-state index contributed by atoms with van der Waals surface area (Å²) in [5, 5.41) is 7.26. The lowest BCUT2D eigenvalue weighted by Crippen LogP contribution is -2.26. The summed E-state index contributed by atoms with van der Waals surface area (Å²) in [6, 6.07) is 107. The molecule has 0 bridgehead atoms. The minimum absolute atomic E-state index is 0.509. The maximum Gasteiger partial charge on any atom is 0.0726 e. The zero-order chi connectivity index (χ0) is 54.2. The van der Waals surface area contributed by atoms with Crippen LogP contribution in [0, 0.1) is 13.8 Å². The van der Waals surface area contributed by atoms with Crippen LogP contribution in [0.2, 0.25) is 0 Å². The molecule has 3 heteroatoms. The van der Waals surface area contributed by atoms with E-state index < -0.39 is 5.41 Å². The van der Waals surface area contributed by atoms with Crippen molar-refractivity contribution in [3.8, 4) is 55.9 Å². The monoisotopic (exact) mass is 1040 g/mol. The van der Waals surface area contributed by atoms with E-state index in [1.807, 2.05) is 0 Å². The summed E-state index contributed by atoms with van der Waals surface area (Å²) >= 11 is 0. The molecule has 0 amide bonds. The number of anilines is 3.